The summed E-state index contributed by atoms with van der Waals surface area (Å²) in [6, 6.07) is 2.77. The van der Waals surface area contributed by atoms with E-state index in [0.717, 1.165) is 49.2 Å². The van der Waals surface area contributed by atoms with Crippen molar-refractivity contribution in [1.29, 1.82) is 0 Å². The molecule has 1 aliphatic heterocycles. The Morgan fingerprint density at radius 1 is 1.28 bits per heavy atom. The van der Waals surface area contributed by atoms with E-state index in [1.807, 2.05) is 17.2 Å². The first-order valence-corrected chi connectivity index (χ1v) is 9.50. The van der Waals surface area contributed by atoms with Crippen molar-refractivity contribution in [3.05, 3.63) is 24.3 Å². The van der Waals surface area contributed by atoms with E-state index in [9.17, 15) is 4.79 Å². The number of pyridine rings is 1. The quantitative estimate of drug-likeness (QED) is 0.930. The molecule has 1 saturated carbocycles. The second-order valence-corrected chi connectivity index (χ2v) is 7.66. The molecule has 4 rings (SSSR count). The molecule has 2 aliphatic rings. The van der Waals surface area contributed by atoms with Crippen molar-refractivity contribution in [3.63, 3.8) is 0 Å². The van der Waals surface area contributed by atoms with Gasteiger partial charge in [0.1, 0.15) is 5.82 Å². The van der Waals surface area contributed by atoms with E-state index in [1.165, 1.54) is 12.8 Å². The van der Waals surface area contributed by atoms with E-state index in [-0.39, 0.29) is 6.03 Å². The topological polar surface area (TPSA) is 63.1 Å². The predicted octanol–water partition coefficient (Wildman–Crippen LogP) is 3.45. The molecule has 1 aliphatic carbocycles. The molecular weight excluding hydrogens is 314 g/mol. The lowest BCUT2D eigenvalue weighted by atomic mass is 10.1. The molecule has 2 fully saturated rings. The third-order valence-electron chi connectivity index (χ3n) is 5.56. The van der Waals surface area contributed by atoms with Crippen LogP contribution in [0.1, 0.15) is 63.7 Å². The molecular formula is C19H27N5O. The summed E-state index contributed by atoms with van der Waals surface area (Å²) in [6.45, 7) is 5.92. The lowest BCUT2D eigenvalue weighted by Crippen LogP contribution is -2.42. The number of imidazole rings is 1. The first-order chi connectivity index (χ1) is 12.1. The number of nitrogens with zero attached hydrogens (tertiary/aromatic N) is 4. The highest BCUT2D eigenvalue weighted by Gasteiger charge is 2.32. The molecule has 134 valence electrons. The molecule has 2 amide bonds. The van der Waals surface area contributed by atoms with Gasteiger partial charge in [0.15, 0.2) is 0 Å². The van der Waals surface area contributed by atoms with Crippen LogP contribution < -0.4 is 5.32 Å². The Kier molecular flexibility index (Phi) is 4.36. The van der Waals surface area contributed by atoms with Gasteiger partial charge in [-0.25, -0.2) is 9.78 Å². The van der Waals surface area contributed by atoms with Gasteiger partial charge in [0, 0.05) is 37.3 Å². The Bertz CT molecular complexity index is 762. The molecule has 2 aromatic rings. The van der Waals surface area contributed by atoms with Crippen LogP contribution in [0.4, 0.5) is 4.79 Å². The van der Waals surface area contributed by atoms with Crippen molar-refractivity contribution in [3.8, 4) is 0 Å². The van der Waals surface area contributed by atoms with Gasteiger partial charge in [-0.05, 0) is 39.2 Å². The number of rotatable bonds is 3. The molecule has 6 nitrogen and oxygen atoms in total. The van der Waals surface area contributed by atoms with Gasteiger partial charge in [0.25, 0.3) is 0 Å². The van der Waals surface area contributed by atoms with Crippen LogP contribution in [0.25, 0.3) is 11.0 Å². The summed E-state index contributed by atoms with van der Waals surface area (Å²) in [4.78, 5) is 23.6. The van der Waals surface area contributed by atoms with E-state index in [1.54, 1.807) is 6.20 Å². The van der Waals surface area contributed by atoms with E-state index in [0.29, 0.717) is 18.0 Å². The van der Waals surface area contributed by atoms with Crippen molar-refractivity contribution in [2.24, 2.45) is 0 Å². The molecule has 1 saturated heterocycles. The molecule has 0 aromatic carbocycles. The maximum Gasteiger partial charge on any atom is 0.317 e. The standard InChI is InChI=1S/C19H27N5O/c1-13(2)24-17-11-20-9-7-16(17)22-18(24)14-8-10-23(12-14)19(25)21-15-5-3-4-6-15/h7,9,11,13-15H,3-6,8,10,12H2,1-2H3,(H,21,25). The monoisotopic (exact) mass is 341 g/mol. The number of aromatic nitrogens is 3. The fraction of sp³-hybridized carbons (Fsp3) is 0.632. The summed E-state index contributed by atoms with van der Waals surface area (Å²) in [7, 11) is 0. The molecule has 1 unspecified atom stereocenters. The Labute approximate surface area is 148 Å². The molecule has 6 heteroatoms. The van der Waals surface area contributed by atoms with E-state index >= 15 is 0 Å². The average Bonchev–Trinajstić information content (AvgIpc) is 3.33. The van der Waals surface area contributed by atoms with Crippen LogP contribution in [0.2, 0.25) is 0 Å². The van der Waals surface area contributed by atoms with Crippen LogP contribution >= 0.6 is 0 Å². The first kappa shape index (κ1) is 16.4. The second-order valence-electron chi connectivity index (χ2n) is 7.66. The number of carbonyl (C=O) groups excluding carboxylic acids is 1. The summed E-state index contributed by atoms with van der Waals surface area (Å²) in [5, 5.41) is 3.21. The largest absolute Gasteiger partial charge is 0.335 e. The van der Waals surface area contributed by atoms with Crippen LogP contribution in [0.15, 0.2) is 18.5 Å². The predicted molar refractivity (Wildman–Crippen MR) is 97.6 cm³/mol. The number of nitrogens with one attached hydrogen (secondary N) is 1. The van der Waals surface area contributed by atoms with Gasteiger partial charge < -0.3 is 14.8 Å². The Morgan fingerprint density at radius 3 is 2.84 bits per heavy atom. The van der Waals surface area contributed by atoms with Gasteiger partial charge in [-0.3, -0.25) is 4.98 Å². The zero-order chi connectivity index (χ0) is 17.4. The molecule has 25 heavy (non-hydrogen) atoms. The highest BCUT2D eigenvalue weighted by Crippen LogP contribution is 2.31. The van der Waals surface area contributed by atoms with Crippen molar-refractivity contribution >= 4 is 17.1 Å². The first-order valence-electron chi connectivity index (χ1n) is 9.50. The minimum atomic E-state index is 0.100. The maximum atomic E-state index is 12.5. The molecule has 0 spiro atoms. The number of hydrogen-bond donors (Lipinski definition) is 1. The Balaban J connectivity index is 1.52. The van der Waals surface area contributed by atoms with E-state index in [2.05, 4.69) is 28.7 Å². The van der Waals surface area contributed by atoms with Crippen molar-refractivity contribution < 1.29 is 4.79 Å². The summed E-state index contributed by atoms with van der Waals surface area (Å²) in [5.74, 6) is 1.39. The van der Waals surface area contributed by atoms with Crippen LogP contribution in [0, 0.1) is 0 Å². The van der Waals surface area contributed by atoms with Crippen molar-refractivity contribution in [2.45, 2.75) is 64.0 Å². The molecule has 1 atom stereocenters. The summed E-state index contributed by atoms with van der Waals surface area (Å²) >= 11 is 0. The number of likely N-dealkylation sites (tertiary alicyclic amines) is 1. The fourth-order valence-corrected chi connectivity index (χ4v) is 4.28. The highest BCUT2D eigenvalue weighted by molar-refractivity contribution is 5.76. The van der Waals surface area contributed by atoms with E-state index in [4.69, 9.17) is 4.98 Å². The second kappa shape index (κ2) is 6.65. The zero-order valence-electron chi connectivity index (χ0n) is 15.1. The molecule has 0 bridgehead atoms. The van der Waals surface area contributed by atoms with Gasteiger partial charge in [-0.1, -0.05) is 12.8 Å². The number of amides is 2. The highest BCUT2D eigenvalue weighted by atomic mass is 16.2. The zero-order valence-corrected chi connectivity index (χ0v) is 15.1. The van der Waals surface area contributed by atoms with Gasteiger partial charge in [0.2, 0.25) is 0 Å². The third kappa shape index (κ3) is 3.10. The van der Waals surface area contributed by atoms with Gasteiger partial charge >= 0.3 is 6.03 Å². The minimum Gasteiger partial charge on any atom is -0.335 e. The summed E-state index contributed by atoms with van der Waals surface area (Å²) < 4.78 is 2.28. The number of hydrogen-bond acceptors (Lipinski definition) is 3. The maximum absolute atomic E-state index is 12.5. The average molecular weight is 341 g/mol. The fourth-order valence-electron chi connectivity index (χ4n) is 4.28. The van der Waals surface area contributed by atoms with Gasteiger partial charge in [0.05, 0.1) is 17.2 Å². The molecule has 2 aromatic heterocycles. The van der Waals surface area contributed by atoms with Crippen molar-refractivity contribution in [1.82, 2.24) is 24.8 Å². The number of carbonyl (C=O) groups is 1. The van der Waals surface area contributed by atoms with Crippen LogP contribution in [-0.2, 0) is 0 Å². The van der Waals surface area contributed by atoms with Gasteiger partial charge in [-0.15, -0.1) is 0 Å². The lowest BCUT2D eigenvalue weighted by molar-refractivity contribution is 0.204. The summed E-state index contributed by atoms with van der Waals surface area (Å²) in [6.07, 6.45) is 9.38. The third-order valence-corrected chi connectivity index (χ3v) is 5.56. The van der Waals surface area contributed by atoms with E-state index < -0.39 is 0 Å². The normalized spacial score (nSPS) is 21.6. The lowest BCUT2D eigenvalue weighted by Gasteiger charge is -2.21. The smallest absolute Gasteiger partial charge is 0.317 e. The molecule has 3 heterocycles. The van der Waals surface area contributed by atoms with Crippen molar-refractivity contribution in [2.75, 3.05) is 13.1 Å². The van der Waals surface area contributed by atoms with Gasteiger partial charge in [-0.2, -0.15) is 0 Å². The summed E-state index contributed by atoms with van der Waals surface area (Å²) in [5.41, 5.74) is 2.08. The molecule has 0 radical (unpaired) electrons. The number of urea groups is 1. The van der Waals surface area contributed by atoms with Crippen LogP contribution in [0.5, 0.6) is 0 Å². The Hall–Kier alpha value is -2.11. The molecule has 1 N–H and O–H groups in total. The van der Waals surface area contributed by atoms with Crippen LogP contribution in [-0.4, -0.2) is 44.6 Å². The number of fused-ring (bicyclic) bond motifs is 1. The SMILES string of the molecule is CC(C)n1c(C2CCN(C(=O)NC3CCCC3)C2)nc2ccncc21. The Morgan fingerprint density at radius 2 is 2.08 bits per heavy atom. The minimum absolute atomic E-state index is 0.100. The van der Waals surface area contributed by atoms with Crippen LogP contribution in [0.3, 0.4) is 0 Å².